The highest BCUT2D eigenvalue weighted by Crippen LogP contribution is 2.13. The number of hydrogen-bond donors (Lipinski definition) is 1. The van der Waals surface area contributed by atoms with Gasteiger partial charge in [-0.2, -0.15) is 0 Å². The second-order valence-corrected chi connectivity index (χ2v) is 4.08. The smallest absolute Gasteiger partial charge is 0.0603 e. The summed E-state index contributed by atoms with van der Waals surface area (Å²) in [7, 11) is 0. The lowest BCUT2D eigenvalue weighted by molar-refractivity contribution is 0.126. The van der Waals surface area contributed by atoms with E-state index in [0.717, 1.165) is 10.6 Å². The van der Waals surface area contributed by atoms with Crippen molar-refractivity contribution in [3.63, 3.8) is 0 Å². The first-order chi connectivity index (χ1) is 6.09. The summed E-state index contributed by atoms with van der Waals surface area (Å²) in [6, 6.07) is 7.61. The van der Waals surface area contributed by atoms with Crippen molar-refractivity contribution < 1.29 is 5.11 Å². The maximum atomic E-state index is 9.62. The minimum Gasteiger partial charge on any atom is -0.393 e. The summed E-state index contributed by atoms with van der Waals surface area (Å²) < 4.78 is 0. The van der Waals surface area contributed by atoms with Crippen molar-refractivity contribution >= 4 is 11.6 Å². The molecule has 0 spiro atoms. The van der Waals surface area contributed by atoms with E-state index in [-0.39, 0.29) is 6.10 Å². The van der Waals surface area contributed by atoms with Gasteiger partial charge in [-0.3, -0.25) is 0 Å². The van der Waals surface area contributed by atoms with E-state index in [1.807, 2.05) is 38.1 Å². The Labute approximate surface area is 84.4 Å². The van der Waals surface area contributed by atoms with Crippen molar-refractivity contribution in [2.24, 2.45) is 5.92 Å². The van der Waals surface area contributed by atoms with Crippen LogP contribution in [-0.2, 0) is 6.42 Å². The minimum atomic E-state index is -0.263. The first kappa shape index (κ1) is 10.6. The zero-order valence-corrected chi connectivity index (χ0v) is 8.75. The molecule has 0 aromatic heterocycles. The molecular formula is C11H15ClO. The Bertz CT molecular complexity index is 253. The van der Waals surface area contributed by atoms with Gasteiger partial charge in [0, 0.05) is 5.02 Å². The fourth-order valence-corrected chi connectivity index (χ4v) is 1.22. The normalized spacial score (nSPS) is 13.3. The SMILES string of the molecule is CC(C)C(O)Cc1ccc(Cl)cc1. The second kappa shape index (κ2) is 4.64. The summed E-state index contributed by atoms with van der Waals surface area (Å²) in [6.07, 6.45) is 0.440. The molecule has 0 fully saturated rings. The summed E-state index contributed by atoms with van der Waals surface area (Å²) in [5.74, 6) is 0.302. The summed E-state index contributed by atoms with van der Waals surface area (Å²) in [5.41, 5.74) is 1.13. The molecule has 0 aliphatic rings. The van der Waals surface area contributed by atoms with E-state index in [0.29, 0.717) is 12.3 Å². The quantitative estimate of drug-likeness (QED) is 0.792. The molecule has 0 aliphatic heterocycles. The molecule has 1 atom stereocenters. The van der Waals surface area contributed by atoms with Gasteiger partial charge < -0.3 is 5.11 Å². The standard InChI is InChI=1S/C11H15ClO/c1-8(2)11(13)7-9-3-5-10(12)6-4-9/h3-6,8,11,13H,7H2,1-2H3. The van der Waals surface area contributed by atoms with Gasteiger partial charge >= 0.3 is 0 Å². The molecule has 0 bridgehead atoms. The lowest BCUT2D eigenvalue weighted by atomic mass is 9.99. The van der Waals surface area contributed by atoms with Gasteiger partial charge in [0.05, 0.1) is 6.10 Å². The van der Waals surface area contributed by atoms with Crippen LogP contribution in [0.2, 0.25) is 5.02 Å². The molecule has 13 heavy (non-hydrogen) atoms. The van der Waals surface area contributed by atoms with Gasteiger partial charge in [-0.05, 0) is 30.0 Å². The van der Waals surface area contributed by atoms with E-state index in [9.17, 15) is 5.11 Å². The second-order valence-electron chi connectivity index (χ2n) is 3.64. The molecule has 0 saturated carbocycles. The Hall–Kier alpha value is -0.530. The molecule has 0 amide bonds. The molecule has 1 aromatic carbocycles. The van der Waals surface area contributed by atoms with Crippen LogP contribution in [0.1, 0.15) is 19.4 Å². The summed E-state index contributed by atoms with van der Waals surface area (Å²) >= 11 is 5.75. The third kappa shape index (κ3) is 3.37. The highest BCUT2D eigenvalue weighted by Gasteiger charge is 2.09. The minimum absolute atomic E-state index is 0.263. The Morgan fingerprint density at radius 3 is 2.23 bits per heavy atom. The monoisotopic (exact) mass is 198 g/mol. The largest absolute Gasteiger partial charge is 0.393 e. The molecule has 0 saturated heterocycles. The van der Waals surface area contributed by atoms with Crippen molar-refractivity contribution in [3.8, 4) is 0 Å². The van der Waals surface area contributed by atoms with Crippen LogP contribution < -0.4 is 0 Å². The van der Waals surface area contributed by atoms with Crippen LogP contribution in [0.3, 0.4) is 0 Å². The highest BCUT2D eigenvalue weighted by molar-refractivity contribution is 6.30. The predicted molar refractivity (Wildman–Crippen MR) is 56.0 cm³/mol. The van der Waals surface area contributed by atoms with Crippen molar-refractivity contribution in [3.05, 3.63) is 34.9 Å². The number of hydrogen-bond acceptors (Lipinski definition) is 1. The lowest BCUT2D eigenvalue weighted by Crippen LogP contribution is -2.17. The molecule has 2 heteroatoms. The van der Waals surface area contributed by atoms with Crippen LogP contribution in [0, 0.1) is 5.92 Å². The topological polar surface area (TPSA) is 20.2 Å². The maximum absolute atomic E-state index is 9.62. The molecule has 0 radical (unpaired) electrons. The van der Waals surface area contributed by atoms with E-state index < -0.39 is 0 Å². The Kier molecular flexibility index (Phi) is 3.76. The third-order valence-corrected chi connectivity index (χ3v) is 2.38. The van der Waals surface area contributed by atoms with Gasteiger partial charge in [0.15, 0.2) is 0 Å². The van der Waals surface area contributed by atoms with Crippen LogP contribution in [-0.4, -0.2) is 11.2 Å². The molecule has 1 aromatic rings. The average molecular weight is 199 g/mol. The van der Waals surface area contributed by atoms with Gasteiger partial charge in [0.1, 0.15) is 0 Å². The van der Waals surface area contributed by atoms with E-state index >= 15 is 0 Å². The molecule has 1 nitrogen and oxygen atoms in total. The highest BCUT2D eigenvalue weighted by atomic mass is 35.5. The Morgan fingerprint density at radius 1 is 1.23 bits per heavy atom. The molecule has 0 heterocycles. The fourth-order valence-electron chi connectivity index (χ4n) is 1.10. The molecule has 0 aliphatic carbocycles. The maximum Gasteiger partial charge on any atom is 0.0603 e. The van der Waals surface area contributed by atoms with Gasteiger partial charge in [-0.25, -0.2) is 0 Å². The van der Waals surface area contributed by atoms with Crippen LogP contribution in [0.4, 0.5) is 0 Å². The lowest BCUT2D eigenvalue weighted by Gasteiger charge is -2.13. The number of rotatable bonds is 3. The summed E-state index contributed by atoms with van der Waals surface area (Å²) in [5, 5.41) is 10.4. The van der Waals surface area contributed by atoms with Gasteiger partial charge in [0.2, 0.25) is 0 Å². The van der Waals surface area contributed by atoms with Crippen LogP contribution in [0.25, 0.3) is 0 Å². The molecule has 1 N–H and O–H groups in total. The fraction of sp³-hybridized carbons (Fsp3) is 0.455. The molecular weight excluding hydrogens is 184 g/mol. The summed E-state index contributed by atoms with van der Waals surface area (Å²) in [4.78, 5) is 0. The van der Waals surface area contributed by atoms with Crippen molar-refractivity contribution in [2.75, 3.05) is 0 Å². The number of aliphatic hydroxyl groups is 1. The van der Waals surface area contributed by atoms with Crippen molar-refractivity contribution in [1.29, 1.82) is 0 Å². The Balaban J connectivity index is 2.59. The molecule has 1 unspecified atom stereocenters. The van der Waals surface area contributed by atoms with Crippen LogP contribution in [0.15, 0.2) is 24.3 Å². The number of benzene rings is 1. The van der Waals surface area contributed by atoms with E-state index in [4.69, 9.17) is 11.6 Å². The van der Waals surface area contributed by atoms with Crippen LogP contribution in [0.5, 0.6) is 0 Å². The summed E-state index contributed by atoms with van der Waals surface area (Å²) in [6.45, 7) is 4.03. The van der Waals surface area contributed by atoms with E-state index in [2.05, 4.69) is 0 Å². The first-order valence-electron chi connectivity index (χ1n) is 4.52. The zero-order chi connectivity index (χ0) is 9.84. The van der Waals surface area contributed by atoms with Gasteiger partial charge in [-0.15, -0.1) is 0 Å². The van der Waals surface area contributed by atoms with Gasteiger partial charge in [-0.1, -0.05) is 37.6 Å². The molecule has 1 rings (SSSR count). The van der Waals surface area contributed by atoms with E-state index in [1.165, 1.54) is 0 Å². The van der Waals surface area contributed by atoms with Crippen molar-refractivity contribution in [2.45, 2.75) is 26.4 Å². The number of halogens is 1. The first-order valence-corrected chi connectivity index (χ1v) is 4.90. The third-order valence-electron chi connectivity index (χ3n) is 2.13. The number of aliphatic hydroxyl groups excluding tert-OH is 1. The average Bonchev–Trinajstić information content (AvgIpc) is 2.08. The Morgan fingerprint density at radius 2 is 1.77 bits per heavy atom. The van der Waals surface area contributed by atoms with E-state index in [1.54, 1.807) is 0 Å². The zero-order valence-electron chi connectivity index (χ0n) is 8.00. The van der Waals surface area contributed by atoms with Crippen LogP contribution >= 0.6 is 11.6 Å². The van der Waals surface area contributed by atoms with Crippen molar-refractivity contribution in [1.82, 2.24) is 0 Å². The predicted octanol–water partition coefficient (Wildman–Crippen LogP) is 2.90. The van der Waals surface area contributed by atoms with Gasteiger partial charge in [0.25, 0.3) is 0 Å². The molecule has 72 valence electrons.